The molecule has 1 heterocycles. The Morgan fingerprint density at radius 2 is 1.71 bits per heavy atom. The van der Waals surface area contributed by atoms with Crippen LogP contribution < -0.4 is 10.2 Å². The van der Waals surface area contributed by atoms with Crippen molar-refractivity contribution in [3.8, 4) is 0 Å². The molecule has 0 saturated heterocycles. The van der Waals surface area contributed by atoms with Gasteiger partial charge in [0.15, 0.2) is 5.41 Å². The number of methoxy groups -OCH3 is 2. The zero-order chi connectivity index (χ0) is 21.4. The molecule has 28 heavy (non-hydrogen) atoms. The molecule has 2 rings (SSSR count). The van der Waals surface area contributed by atoms with Crippen LogP contribution in [-0.2, 0) is 29.2 Å². The van der Waals surface area contributed by atoms with Gasteiger partial charge in [-0.15, -0.1) is 0 Å². The van der Waals surface area contributed by atoms with E-state index >= 15 is 0 Å². The normalized spacial score (nSPS) is 18.4. The Labute approximate surface area is 162 Å². The third-order valence-corrected chi connectivity index (χ3v) is 4.36. The van der Waals surface area contributed by atoms with Crippen molar-refractivity contribution in [2.45, 2.75) is 38.7 Å². The molecule has 0 saturated carbocycles. The minimum atomic E-state index is -1.70. The number of nitrogens with one attached hydrogen (secondary N) is 1. The lowest BCUT2D eigenvalue weighted by atomic mass is 9.82. The van der Waals surface area contributed by atoms with Crippen molar-refractivity contribution in [3.05, 3.63) is 23.3 Å². The summed E-state index contributed by atoms with van der Waals surface area (Å²) in [6.45, 7) is 6.48. The molecule has 152 valence electrons. The average molecular weight is 392 g/mol. The van der Waals surface area contributed by atoms with Gasteiger partial charge in [0, 0.05) is 12.6 Å². The number of fused-ring (bicyclic) bond motifs is 1. The average Bonchev–Trinajstić information content (AvgIpc) is 2.81. The Morgan fingerprint density at radius 1 is 1.11 bits per heavy atom. The molecule has 1 aliphatic rings. The summed E-state index contributed by atoms with van der Waals surface area (Å²) in [7, 11) is 3.85. The number of carbonyl (C=O) groups is 4. The number of nitrogens with zero attached hydrogens (tertiary/aromatic N) is 1. The predicted octanol–water partition coefficient (Wildman–Crippen LogP) is 2.23. The summed E-state index contributed by atoms with van der Waals surface area (Å²) in [5.41, 5.74) is -1.79. The van der Waals surface area contributed by atoms with Gasteiger partial charge in [0.2, 0.25) is 5.91 Å². The number of ether oxygens (including phenoxy) is 3. The molecule has 0 fully saturated rings. The molecule has 0 spiro atoms. The van der Waals surface area contributed by atoms with Crippen LogP contribution in [-0.4, -0.2) is 50.8 Å². The molecule has 1 aromatic rings. The fourth-order valence-corrected chi connectivity index (χ4v) is 3.11. The summed E-state index contributed by atoms with van der Waals surface area (Å²) >= 11 is 0. The summed E-state index contributed by atoms with van der Waals surface area (Å²) in [6.07, 6.45) is -0.800. The molecule has 9 nitrogen and oxygen atoms in total. The predicted molar refractivity (Wildman–Crippen MR) is 100 cm³/mol. The zero-order valence-corrected chi connectivity index (χ0v) is 17.0. The number of amides is 2. The molecular weight excluding hydrogens is 368 g/mol. The molecule has 1 atom stereocenters. The molecule has 0 aromatic heterocycles. The Hall–Kier alpha value is -3.10. The smallest absolute Gasteiger partial charge is 0.412 e. The minimum absolute atomic E-state index is 0.0813. The molecule has 9 heteroatoms. The standard InChI is InChI=1S/C19H24N2O7/c1-18(2,3)28-17(25)20-11-8-10(14(22)26-6)9-12-13(11)19(4,16(24)27-7)15(23)21(12)5/h8-9H,1-7H3,(H,20,25). The van der Waals surface area contributed by atoms with Gasteiger partial charge in [-0.25, -0.2) is 9.59 Å². The largest absolute Gasteiger partial charge is 0.468 e. The van der Waals surface area contributed by atoms with Crippen molar-refractivity contribution < 1.29 is 33.4 Å². The first-order chi connectivity index (χ1) is 12.9. The van der Waals surface area contributed by atoms with E-state index in [1.807, 2.05) is 0 Å². The van der Waals surface area contributed by atoms with E-state index in [1.54, 1.807) is 20.8 Å². The van der Waals surface area contributed by atoms with Crippen molar-refractivity contribution >= 4 is 35.3 Å². The summed E-state index contributed by atoms with van der Waals surface area (Å²) in [5, 5.41) is 2.54. The third-order valence-electron chi connectivity index (χ3n) is 4.36. The Kier molecular flexibility index (Phi) is 5.41. The van der Waals surface area contributed by atoms with E-state index in [0.29, 0.717) is 0 Å². The van der Waals surface area contributed by atoms with Gasteiger partial charge in [-0.1, -0.05) is 0 Å². The van der Waals surface area contributed by atoms with E-state index in [0.717, 1.165) is 0 Å². The molecule has 0 bridgehead atoms. The van der Waals surface area contributed by atoms with E-state index in [2.05, 4.69) is 5.32 Å². The summed E-state index contributed by atoms with van der Waals surface area (Å²) in [4.78, 5) is 51.0. The van der Waals surface area contributed by atoms with Crippen LogP contribution in [0.2, 0.25) is 0 Å². The number of rotatable bonds is 3. The van der Waals surface area contributed by atoms with Gasteiger partial charge in [0.05, 0.1) is 31.2 Å². The summed E-state index contributed by atoms with van der Waals surface area (Å²) in [5.74, 6) is -2.01. The number of esters is 2. The first kappa shape index (κ1) is 21.2. The van der Waals surface area contributed by atoms with Crippen molar-refractivity contribution in [2.75, 3.05) is 31.5 Å². The highest BCUT2D eigenvalue weighted by atomic mass is 16.6. The highest BCUT2D eigenvalue weighted by molar-refractivity contribution is 6.22. The first-order valence-electron chi connectivity index (χ1n) is 8.50. The molecule has 0 aliphatic carbocycles. The second kappa shape index (κ2) is 7.14. The van der Waals surface area contributed by atoms with Crippen LogP contribution in [0.1, 0.15) is 43.6 Å². The van der Waals surface area contributed by atoms with Gasteiger partial charge in [0.1, 0.15) is 5.60 Å². The maximum absolute atomic E-state index is 12.9. The lowest BCUT2D eigenvalue weighted by Crippen LogP contribution is -2.43. The van der Waals surface area contributed by atoms with E-state index in [-0.39, 0.29) is 22.5 Å². The first-order valence-corrected chi connectivity index (χ1v) is 8.50. The fourth-order valence-electron chi connectivity index (χ4n) is 3.11. The van der Waals surface area contributed by atoms with Gasteiger partial charge >= 0.3 is 18.0 Å². The van der Waals surface area contributed by atoms with Gasteiger partial charge in [0.25, 0.3) is 0 Å². The van der Waals surface area contributed by atoms with Gasteiger partial charge in [-0.2, -0.15) is 0 Å². The van der Waals surface area contributed by atoms with Crippen molar-refractivity contribution in [3.63, 3.8) is 0 Å². The fraction of sp³-hybridized carbons (Fsp3) is 0.474. The Balaban J connectivity index is 2.70. The number of likely N-dealkylation sites (N-methyl/N-ethyl adjacent to an activating group) is 1. The lowest BCUT2D eigenvalue weighted by Gasteiger charge is -2.24. The number of hydrogen-bond donors (Lipinski definition) is 1. The van der Waals surface area contributed by atoms with Gasteiger partial charge in [-0.3, -0.25) is 14.9 Å². The second-order valence-corrected chi connectivity index (χ2v) is 7.52. The SMILES string of the molecule is COC(=O)c1cc(NC(=O)OC(C)(C)C)c2c(c1)N(C)C(=O)C2(C)C(=O)OC. The molecule has 2 amide bonds. The molecule has 0 radical (unpaired) electrons. The molecule has 1 N–H and O–H groups in total. The van der Waals surface area contributed by atoms with E-state index in [9.17, 15) is 19.2 Å². The second-order valence-electron chi connectivity index (χ2n) is 7.52. The van der Waals surface area contributed by atoms with Gasteiger partial charge in [-0.05, 0) is 39.8 Å². The van der Waals surface area contributed by atoms with Crippen molar-refractivity contribution in [1.29, 1.82) is 0 Å². The van der Waals surface area contributed by atoms with Crippen LogP contribution in [0.4, 0.5) is 16.2 Å². The summed E-state index contributed by atoms with van der Waals surface area (Å²) in [6, 6.07) is 2.76. The minimum Gasteiger partial charge on any atom is -0.468 e. The van der Waals surface area contributed by atoms with E-state index in [4.69, 9.17) is 14.2 Å². The van der Waals surface area contributed by atoms with Crippen LogP contribution in [0.15, 0.2) is 12.1 Å². The van der Waals surface area contributed by atoms with Crippen LogP contribution in [0, 0.1) is 0 Å². The Morgan fingerprint density at radius 3 is 2.21 bits per heavy atom. The third kappa shape index (κ3) is 3.51. The Bertz CT molecular complexity index is 857. The maximum atomic E-state index is 12.9. The molecular formula is C19H24N2O7. The number of anilines is 2. The topological polar surface area (TPSA) is 111 Å². The molecule has 1 unspecified atom stereocenters. The number of carbonyl (C=O) groups excluding carboxylic acids is 4. The molecule has 1 aliphatic heterocycles. The van der Waals surface area contributed by atoms with Crippen LogP contribution in [0.5, 0.6) is 0 Å². The zero-order valence-electron chi connectivity index (χ0n) is 17.0. The van der Waals surface area contributed by atoms with Crippen LogP contribution in [0.3, 0.4) is 0 Å². The number of hydrogen-bond acceptors (Lipinski definition) is 7. The van der Waals surface area contributed by atoms with Crippen LogP contribution in [0.25, 0.3) is 0 Å². The van der Waals surface area contributed by atoms with Gasteiger partial charge < -0.3 is 19.1 Å². The molecule has 1 aromatic carbocycles. The van der Waals surface area contributed by atoms with Crippen molar-refractivity contribution in [2.24, 2.45) is 0 Å². The number of benzene rings is 1. The van der Waals surface area contributed by atoms with Crippen LogP contribution >= 0.6 is 0 Å². The lowest BCUT2D eigenvalue weighted by molar-refractivity contribution is -0.150. The summed E-state index contributed by atoms with van der Waals surface area (Å²) < 4.78 is 14.8. The monoisotopic (exact) mass is 392 g/mol. The highest BCUT2D eigenvalue weighted by Crippen LogP contribution is 2.47. The van der Waals surface area contributed by atoms with E-state index < -0.39 is 35.0 Å². The quantitative estimate of drug-likeness (QED) is 0.477. The van der Waals surface area contributed by atoms with E-state index in [1.165, 1.54) is 45.2 Å². The maximum Gasteiger partial charge on any atom is 0.412 e. The van der Waals surface area contributed by atoms with Crippen molar-refractivity contribution in [1.82, 2.24) is 0 Å². The highest BCUT2D eigenvalue weighted by Gasteiger charge is 2.54.